The third-order valence-electron chi connectivity index (χ3n) is 4.02. The van der Waals surface area contributed by atoms with Gasteiger partial charge in [0.25, 0.3) is 0 Å². The highest BCUT2D eigenvalue weighted by atomic mass is 35.5. The molecule has 0 saturated carbocycles. The van der Waals surface area contributed by atoms with Gasteiger partial charge in [0.05, 0.1) is 28.6 Å². The average Bonchev–Trinajstić information content (AvgIpc) is 3.10. The van der Waals surface area contributed by atoms with Gasteiger partial charge >= 0.3 is 0 Å². The van der Waals surface area contributed by atoms with E-state index < -0.39 is 0 Å². The first-order chi connectivity index (χ1) is 12.2. The van der Waals surface area contributed by atoms with Gasteiger partial charge in [0.1, 0.15) is 5.75 Å². The number of benzene rings is 2. The quantitative estimate of drug-likeness (QED) is 0.541. The van der Waals surface area contributed by atoms with Crippen LogP contribution < -0.4 is 10.1 Å². The van der Waals surface area contributed by atoms with Crippen LogP contribution >= 0.6 is 34.7 Å². The summed E-state index contributed by atoms with van der Waals surface area (Å²) < 4.78 is 5.28. The van der Waals surface area contributed by atoms with Gasteiger partial charge in [-0.2, -0.15) is 0 Å². The normalized spacial score (nSPS) is 16.4. The van der Waals surface area contributed by atoms with Crippen molar-refractivity contribution >= 4 is 46.1 Å². The van der Waals surface area contributed by atoms with Crippen molar-refractivity contribution in [2.75, 3.05) is 12.4 Å². The smallest absolute Gasteiger partial charge is 0.118 e. The fourth-order valence-electron chi connectivity index (χ4n) is 2.74. The maximum Gasteiger partial charge on any atom is 0.118 e. The fraction of sp³-hybridized carbons (Fsp3) is 0.100. The summed E-state index contributed by atoms with van der Waals surface area (Å²) in [5, 5.41) is 6.62. The van der Waals surface area contributed by atoms with Crippen LogP contribution in [0.25, 0.3) is 5.70 Å². The van der Waals surface area contributed by atoms with Crippen molar-refractivity contribution in [3.8, 4) is 5.75 Å². The van der Waals surface area contributed by atoms with Crippen LogP contribution in [0.2, 0.25) is 5.02 Å². The van der Waals surface area contributed by atoms with E-state index in [1.54, 1.807) is 30.2 Å². The summed E-state index contributed by atoms with van der Waals surface area (Å²) in [6, 6.07) is 18.5. The van der Waals surface area contributed by atoms with Crippen molar-refractivity contribution < 1.29 is 4.74 Å². The van der Waals surface area contributed by atoms with Gasteiger partial charge in [0.2, 0.25) is 0 Å². The van der Waals surface area contributed by atoms with Crippen LogP contribution in [0.15, 0.2) is 70.9 Å². The molecule has 0 amide bonds. The molecule has 1 aromatic heterocycles. The first-order valence-corrected chi connectivity index (χ1v) is 9.99. The zero-order valence-corrected chi connectivity index (χ0v) is 15.9. The van der Waals surface area contributed by atoms with Crippen molar-refractivity contribution in [1.29, 1.82) is 0 Å². The average molecular weight is 386 g/mol. The van der Waals surface area contributed by atoms with E-state index in [2.05, 4.69) is 41.0 Å². The van der Waals surface area contributed by atoms with Crippen LogP contribution in [0.3, 0.4) is 0 Å². The predicted octanol–water partition coefficient (Wildman–Crippen LogP) is 6.71. The van der Waals surface area contributed by atoms with Crippen molar-refractivity contribution in [3.63, 3.8) is 0 Å². The molecule has 1 unspecified atom stereocenters. The molecule has 3 aromatic rings. The second kappa shape index (κ2) is 7.16. The van der Waals surface area contributed by atoms with E-state index in [0.29, 0.717) is 0 Å². The summed E-state index contributed by atoms with van der Waals surface area (Å²) in [6.45, 7) is 0. The summed E-state index contributed by atoms with van der Waals surface area (Å²) >= 11 is 9.76. The molecule has 5 heteroatoms. The Labute approximate surface area is 160 Å². The Balaban J connectivity index is 1.78. The maximum absolute atomic E-state index is 6.23. The zero-order valence-electron chi connectivity index (χ0n) is 13.5. The molecule has 0 fully saturated rings. The summed E-state index contributed by atoms with van der Waals surface area (Å²) in [5.74, 6) is 0.867. The van der Waals surface area contributed by atoms with Crippen molar-refractivity contribution in [2.24, 2.45) is 0 Å². The molecule has 1 aliphatic heterocycles. The molecule has 0 saturated heterocycles. The number of thioether (sulfide) groups is 1. The number of hydrogen-bond acceptors (Lipinski definition) is 4. The lowest BCUT2D eigenvalue weighted by atomic mass is 10.1. The highest BCUT2D eigenvalue weighted by Crippen LogP contribution is 2.46. The Kier molecular flexibility index (Phi) is 4.75. The monoisotopic (exact) mass is 385 g/mol. The molecular formula is C20H16ClNOS2. The number of halogens is 1. The lowest BCUT2D eigenvalue weighted by molar-refractivity contribution is 0.414. The molecule has 1 N–H and O–H groups in total. The second-order valence-corrected chi connectivity index (χ2v) is 8.20. The minimum absolute atomic E-state index is 0.190. The van der Waals surface area contributed by atoms with E-state index in [4.69, 9.17) is 16.3 Å². The molecule has 0 aliphatic carbocycles. The fourth-order valence-corrected chi connectivity index (χ4v) is 4.89. The summed E-state index contributed by atoms with van der Waals surface area (Å²) in [7, 11) is 1.69. The molecular weight excluding hydrogens is 370 g/mol. The molecule has 25 heavy (non-hydrogen) atoms. The highest BCUT2D eigenvalue weighted by Gasteiger charge is 2.20. The van der Waals surface area contributed by atoms with Crippen LogP contribution in [-0.4, -0.2) is 7.11 Å². The van der Waals surface area contributed by atoms with Crippen molar-refractivity contribution in [3.05, 3.63) is 81.5 Å². The van der Waals surface area contributed by atoms with Crippen molar-refractivity contribution in [1.82, 2.24) is 0 Å². The van der Waals surface area contributed by atoms with E-state index in [1.165, 1.54) is 10.4 Å². The maximum atomic E-state index is 6.23. The number of ether oxygens (including phenoxy) is 1. The molecule has 2 aromatic carbocycles. The van der Waals surface area contributed by atoms with Gasteiger partial charge in [-0.05, 0) is 53.4 Å². The minimum atomic E-state index is 0.190. The SMILES string of the molecule is COc1ccc(C2C=C(c3cccs3)Nc3ccc(Cl)cc3S2)cc1. The molecule has 0 bridgehead atoms. The van der Waals surface area contributed by atoms with E-state index in [0.717, 1.165) is 27.1 Å². The van der Waals surface area contributed by atoms with Gasteiger partial charge in [-0.15, -0.1) is 23.1 Å². The minimum Gasteiger partial charge on any atom is -0.497 e. The standard InChI is InChI=1S/C20H16ClNOS2/c1-23-15-7-4-13(5-8-15)19-12-17(18-3-2-10-24-18)22-16-9-6-14(21)11-20(16)25-19/h2-12,19,22H,1H3. The van der Waals surface area contributed by atoms with Crippen LogP contribution in [0.5, 0.6) is 5.75 Å². The van der Waals surface area contributed by atoms with Gasteiger partial charge in [-0.3, -0.25) is 0 Å². The third-order valence-corrected chi connectivity index (χ3v) is 6.41. The lowest BCUT2D eigenvalue weighted by Crippen LogP contribution is -1.97. The molecule has 0 spiro atoms. The van der Waals surface area contributed by atoms with E-state index in [-0.39, 0.29) is 5.25 Å². The number of methoxy groups -OCH3 is 1. The Hall–Kier alpha value is -1.88. The summed E-state index contributed by atoms with van der Waals surface area (Å²) in [4.78, 5) is 2.37. The number of nitrogens with one attached hydrogen (secondary N) is 1. The van der Waals surface area contributed by atoms with Crippen molar-refractivity contribution in [2.45, 2.75) is 10.1 Å². The Morgan fingerprint density at radius 3 is 2.64 bits per heavy atom. The molecule has 1 atom stereocenters. The van der Waals surface area contributed by atoms with Gasteiger partial charge in [0, 0.05) is 9.92 Å². The highest BCUT2D eigenvalue weighted by molar-refractivity contribution is 7.99. The molecule has 0 radical (unpaired) electrons. The summed E-state index contributed by atoms with van der Waals surface area (Å²) in [6.07, 6.45) is 2.28. The van der Waals surface area contributed by atoms with Gasteiger partial charge in [-0.25, -0.2) is 0 Å². The molecule has 1 aliphatic rings. The topological polar surface area (TPSA) is 21.3 Å². The number of thiophene rings is 1. The van der Waals surface area contributed by atoms with Crippen LogP contribution in [0.4, 0.5) is 5.69 Å². The summed E-state index contributed by atoms with van der Waals surface area (Å²) in [5.41, 5.74) is 3.45. The first-order valence-electron chi connectivity index (χ1n) is 7.86. The van der Waals surface area contributed by atoms with Gasteiger partial charge in [-0.1, -0.05) is 29.8 Å². The van der Waals surface area contributed by atoms with E-state index in [9.17, 15) is 0 Å². The van der Waals surface area contributed by atoms with Crippen LogP contribution in [0, 0.1) is 0 Å². The molecule has 2 heterocycles. The van der Waals surface area contributed by atoms with Gasteiger partial charge in [0.15, 0.2) is 0 Å². The number of hydrogen-bond donors (Lipinski definition) is 1. The van der Waals surface area contributed by atoms with Crippen LogP contribution in [0.1, 0.15) is 15.7 Å². The third kappa shape index (κ3) is 3.56. The van der Waals surface area contributed by atoms with E-state index in [1.807, 2.05) is 30.3 Å². The molecule has 4 rings (SSSR count). The van der Waals surface area contributed by atoms with Crippen LogP contribution in [-0.2, 0) is 0 Å². The van der Waals surface area contributed by atoms with E-state index >= 15 is 0 Å². The Bertz CT molecular complexity index is 904. The van der Waals surface area contributed by atoms with Gasteiger partial charge < -0.3 is 10.1 Å². The molecule has 126 valence electrons. The number of rotatable bonds is 3. The molecule has 2 nitrogen and oxygen atoms in total. The largest absolute Gasteiger partial charge is 0.497 e. The predicted molar refractivity (Wildman–Crippen MR) is 109 cm³/mol. The Morgan fingerprint density at radius 2 is 1.92 bits per heavy atom. The zero-order chi connectivity index (χ0) is 17.2. The first kappa shape index (κ1) is 16.6. The number of anilines is 1. The number of fused-ring (bicyclic) bond motifs is 1. The second-order valence-electron chi connectivity index (χ2n) is 5.63. The Morgan fingerprint density at radius 1 is 1.08 bits per heavy atom. The lowest BCUT2D eigenvalue weighted by Gasteiger charge is -2.13.